The van der Waals surface area contributed by atoms with Crippen LogP contribution in [0.5, 0.6) is 0 Å². The van der Waals surface area contributed by atoms with E-state index in [1.165, 1.54) is 50.7 Å². The van der Waals surface area contributed by atoms with E-state index in [1.54, 1.807) is 0 Å². The molecule has 2 N–H and O–H groups in total. The first-order valence-corrected chi connectivity index (χ1v) is 9.05. The zero-order valence-corrected chi connectivity index (χ0v) is 16.0. The molecule has 0 radical (unpaired) electrons. The van der Waals surface area contributed by atoms with Crippen LogP contribution in [0.3, 0.4) is 0 Å². The van der Waals surface area contributed by atoms with Gasteiger partial charge in [0.2, 0.25) is 0 Å². The van der Waals surface area contributed by atoms with E-state index in [0.29, 0.717) is 12.1 Å². The molecular weight excluding hydrogens is 381 g/mol. The lowest BCUT2D eigenvalue weighted by Gasteiger charge is -2.33. The van der Waals surface area contributed by atoms with E-state index in [-0.39, 0.29) is 24.0 Å². The molecule has 0 aromatic heterocycles. The van der Waals surface area contributed by atoms with Gasteiger partial charge >= 0.3 is 0 Å². The Morgan fingerprint density at radius 1 is 1.05 bits per heavy atom. The highest BCUT2D eigenvalue weighted by Crippen LogP contribution is 2.28. The summed E-state index contributed by atoms with van der Waals surface area (Å²) >= 11 is 2.13. The van der Waals surface area contributed by atoms with Crippen molar-refractivity contribution in [1.82, 2.24) is 10.6 Å². The Hall–Kier alpha value is 0.350. The molecule has 2 fully saturated rings. The van der Waals surface area contributed by atoms with Crippen LogP contribution < -0.4 is 10.6 Å². The molecule has 0 saturated heterocycles. The Labute approximate surface area is 145 Å². The molecule has 0 heterocycles. The van der Waals surface area contributed by atoms with E-state index in [0.717, 1.165) is 17.8 Å². The minimum atomic E-state index is 0. The van der Waals surface area contributed by atoms with Crippen LogP contribution in [0.1, 0.15) is 58.8 Å². The van der Waals surface area contributed by atoms with Gasteiger partial charge in [0.1, 0.15) is 0 Å². The molecule has 118 valence electrons. The molecule has 0 spiro atoms. The molecule has 2 saturated carbocycles. The van der Waals surface area contributed by atoms with Crippen molar-refractivity contribution in [1.29, 1.82) is 0 Å². The Kier molecular flexibility index (Phi) is 9.33. The SMILES string of the molecule is CCN=C(NC1CCC1)NC1CCCC(SCC)C1.I. The van der Waals surface area contributed by atoms with Gasteiger partial charge in [0.05, 0.1) is 0 Å². The molecule has 0 aromatic rings. The van der Waals surface area contributed by atoms with Crippen molar-refractivity contribution in [3.8, 4) is 0 Å². The Morgan fingerprint density at radius 3 is 2.30 bits per heavy atom. The van der Waals surface area contributed by atoms with Gasteiger partial charge in [-0.2, -0.15) is 11.8 Å². The second kappa shape index (κ2) is 10.1. The Morgan fingerprint density at radius 2 is 1.70 bits per heavy atom. The van der Waals surface area contributed by atoms with Gasteiger partial charge < -0.3 is 10.6 Å². The third-order valence-corrected chi connectivity index (χ3v) is 5.36. The molecule has 0 aromatic carbocycles. The zero-order valence-electron chi connectivity index (χ0n) is 12.9. The van der Waals surface area contributed by atoms with Crippen LogP contribution in [0, 0.1) is 0 Å². The van der Waals surface area contributed by atoms with E-state index >= 15 is 0 Å². The summed E-state index contributed by atoms with van der Waals surface area (Å²) in [4.78, 5) is 4.60. The molecular formula is C15H30IN3S. The minimum Gasteiger partial charge on any atom is -0.354 e. The van der Waals surface area contributed by atoms with Crippen LogP contribution in [-0.2, 0) is 0 Å². The maximum atomic E-state index is 4.60. The lowest BCUT2D eigenvalue weighted by molar-refractivity contribution is 0.369. The molecule has 2 atom stereocenters. The van der Waals surface area contributed by atoms with Crippen molar-refractivity contribution in [2.75, 3.05) is 12.3 Å². The molecule has 2 aliphatic rings. The van der Waals surface area contributed by atoms with Gasteiger partial charge in [0.15, 0.2) is 5.96 Å². The van der Waals surface area contributed by atoms with Crippen molar-refractivity contribution >= 4 is 41.7 Å². The summed E-state index contributed by atoms with van der Waals surface area (Å²) in [5.74, 6) is 2.30. The number of hydrogen-bond acceptors (Lipinski definition) is 2. The Bertz CT molecular complexity index is 293. The third-order valence-electron chi connectivity index (χ3n) is 4.13. The number of aliphatic imine (C=N–C) groups is 1. The van der Waals surface area contributed by atoms with Crippen LogP contribution in [0.15, 0.2) is 4.99 Å². The fourth-order valence-corrected chi connectivity index (χ4v) is 4.07. The highest BCUT2D eigenvalue weighted by molar-refractivity contribution is 14.0. The van der Waals surface area contributed by atoms with Crippen molar-refractivity contribution in [3.63, 3.8) is 0 Å². The smallest absolute Gasteiger partial charge is 0.191 e. The zero-order chi connectivity index (χ0) is 13.5. The molecule has 3 nitrogen and oxygen atoms in total. The highest BCUT2D eigenvalue weighted by Gasteiger charge is 2.24. The summed E-state index contributed by atoms with van der Waals surface area (Å²) in [6.07, 6.45) is 9.34. The van der Waals surface area contributed by atoms with E-state index in [2.05, 4.69) is 41.2 Å². The number of halogens is 1. The first kappa shape index (κ1) is 18.4. The molecule has 2 aliphatic carbocycles. The molecule has 0 amide bonds. The number of nitrogens with one attached hydrogen (secondary N) is 2. The van der Waals surface area contributed by atoms with Crippen LogP contribution in [0.4, 0.5) is 0 Å². The van der Waals surface area contributed by atoms with Gasteiger partial charge in [-0.25, -0.2) is 0 Å². The molecule has 2 rings (SSSR count). The molecule has 0 bridgehead atoms. The largest absolute Gasteiger partial charge is 0.354 e. The number of guanidine groups is 1. The van der Waals surface area contributed by atoms with Gasteiger partial charge in [-0.3, -0.25) is 4.99 Å². The monoisotopic (exact) mass is 411 g/mol. The lowest BCUT2D eigenvalue weighted by atomic mass is 9.93. The van der Waals surface area contributed by atoms with Crippen LogP contribution in [-0.4, -0.2) is 35.6 Å². The maximum absolute atomic E-state index is 4.60. The quantitative estimate of drug-likeness (QED) is 0.411. The average Bonchev–Trinajstić information content (AvgIpc) is 2.35. The lowest BCUT2D eigenvalue weighted by Crippen LogP contribution is -2.50. The summed E-state index contributed by atoms with van der Waals surface area (Å²) in [7, 11) is 0. The topological polar surface area (TPSA) is 36.4 Å². The minimum absolute atomic E-state index is 0. The number of nitrogens with zero attached hydrogens (tertiary/aromatic N) is 1. The standard InChI is InChI=1S/C15H29N3S.HI/c1-3-16-15(17-12-7-5-8-12)18-13-9-6-10-14(11-13)19-4-2;/h12-14H,3-11H2,1-2H3,(H2,16,17,18);1H. The molecule has 0 aliphatic heterocycles. The maximum Gasteiger partial charge on any atom is 0.191 e. The van der Waals surface area contributed by atoms with Gasteiger partial charge in [0, 0.05) is 23.9 Å². The van der Waals surface area contributed by atoms with Gasteiger partial charge in [-0.05, 0) is 51.2 Å². The predicted octanol–water partition coefficient (Wildman–Crippen LogP) is 3.78. The number of rotatable bonds is 5. The van der Waals surface area contributed by atoms with Crippen molar-refractivity contribution < 1.29 is 0 Å². The summed E-state index contributed by atoms with van der Waals surface area (Å²) < 4.78 is 0. The Balaban J connectivity index is 0.00000200. The average molecular weight is 411 g/mol. The second-order valence-electron chi connectivity index (χ2n) is 5.68. The van der Waals surface area contributed by atoms with E-state index in [9.17, 15) is 0 Å². The van der Waals surface area contributed by atoms with Crippen molar-refractivity contribution in [2.24, 2.45) is 4.99 Å². The molecule has 5 heteroatoms. The highest BCUT2D eigenvalue weighted by atomic mass is 127. The first-order valence-electron chi connectivity index (χ1n) is 8.01. The third kappa shape index (κ3) is 6.00. The van der Waals surface area contributed by atoms with Crippen molar-refractivity contribution in [2.45, 2.75) is 76.1 Å². The summed E-state index contributed by atoms with van der Waals surface area (Å²) in [6, 6.07) is 1.29. The van der Waals surface area contributed by atoms with Crippen LogP contribution in [0.25, 0.3) is 0 Å². The fraction of sp³-hybridized carbons (Fsp3) is 0.933. The van der Waals surface area contributed by atoms with Crippen LogP contribution >= 0.6 is 35.7 Å². The molecule has 20 heavy (non-hydrogen) atoms. The predicted molar refractivity (Wildman–Crippen MR) is 101 cm³/mol. The second-order valence-corrected chi connectivity index (χ2v) is 7.26. The summed E-state index contributed by atoms with van der Waals surface area (Å²) in [5, 5.41) is 8.10. The van der Waals surface area contributed by atoms with E-state index in [1.807, 2.05) is 0 Å². The summed E-state index contributed by atoms with van der Waals surface area (Å²) in [6.45, 7) is 5.24. The molecule has 2 unspecified atom stereocenters. The van der Waals surface area contributed by atoms with Crippen molar-refractivity contribution in [3.05, 3.63) is 0 Å². The van der Waals surface area contributed by atoms with E-state index in [4.69, 9.17) is 0 Å². The van der Waals surface area contributed by atoms with E-state index < -0.39 is 0 Å². The van der Waals surface area contributed by atoms with Gasteiger partial charge in [0.25, 0.3) is 0 Å². The number of hydrogen-bond donors (Lipinski definition) is 2. The van der Waals surface area contributed by atoms with Gasteiger partial charge in [-0.1, -0.05) is 13.3 Å². The van der Waals surface area contributed by atoms with Crippen LogP contribution in [0.2, 0.25) is 0 Å². The first-order chi connectivity index (χ1) is 9.31. The summed E-state index contributed by atoms with van der Waals surface area (Å²) in [5.41, 5.74) is 0. The fourth-order valence-electron chi connectivity index (χ4n) is 2.89. The normalized spacial score (nSPS) is 27.4. The number of thioether (sulfide) groups is 1. The van der Waals surface area contributed by atoms with Gasteiger partial charge in [-0.15, -0.1) is 24.0 Å².